The lowest BCUT2D eigenvalue weighted by molar-refractivity contribution is -0.144. The fraction of sp³-hybridized carbons (Fsp3) is 0.267. The predicted molar refractivity (Wildman–Crippen MR) is 86.7 cm³/mol. The fourth-order valence-electron chi connectivity index (χ4n) is 2.80. The summed E-state index contributed by atoms with van der Waals surface area (Å²) in [6, 6.07) is 1.07. The molecule has 4 rings (SSSR count). The van der Waals surface area contributed by atoms with Crippen molar-refractivity contribution in [2.24, 2.45) is 0 Å². The van der Waals surface area contributed by atoms with E-state index in [1.54, 1.807) is 5.10 Å². The molecule has 152 valence electrons. The Balaban J connectivity index is 2.02. The van der Waals surface area contributed by atoms with Gasteiger partial charge in [0.2, 0.25) is 17.4 Å². The summed E-state index contributed by atoms with van der Waals surface area (Å²) in [4.78, 5) is 18.0. The highest BCUT2D eigenvalue weighted by molar-refractivity contribution is 5.76. The Morgan fingerprint density at radius 1 is 1.17 bits per heavy atom. The molecular formula is C15H11F5N8O. The van der Waals surface area contributed by atoms with Gasteiger partial charge in [-0.05, 0) is 6.07 Å². The predicted octanol–water partition coefficient (Wildman–Crippen LogP) is 2.66. The van der Waals surface area contributed by atoms with E-state index in [-0.39, 0.29) is 22.9 Å². The van der Waals surface area contributed by atoms with E-state index >= 15 is 0 Å². The van der Waals surface area contributed by atoms with Crippen LogP contribution in [0.5, 0.6) is 0 Å². The number of aromatic amines is 2. The number of ether oxygens (including phenoxy) is 1. The zero-order valence-corrected chi connectivity index (χ0v) is 14.5. The van der Waals surface area contributed by atoms with Crippen LogP contribution >= 0.6 is 0 Å². The molecule has 0 amide bonds. The second-order valence-corrected chi connectivity index (χ2v) is 5.88. The number of alkyl halides is 5. The molecule has 0 aliphatic rings. The van der Waals surface area contributed by atoms with Gasteiger partial charge >= 0.3 is 12.1 Å². The minimum atomic E-state index is -4.77. The number of nitrogens with one attached hydrogen (secondary N) is 2. The van der Waals surface area contributed by atoms with Gasteiger partial charge < -0.3 is 9.72 Å². The third-order valence-electron chi connectivity index (χ3n) is 3.94. The highest BCUT2D eigenvalue weighted by Gasteiger charge is 2.38. The maximum Gasteiger partial charge on any atom is 0.451 e. The molecule has 0 bridgehead atoms. The molecule has 14 heteroatoms. The van der Waals surface area contributed by atoms with Crippen LogP contribution in [0, 0.1) is 0 Å². The van der Waals surface area contributed by atoms with Crippen molar-refractivity contribution in [3.8, 4) is 22.9 Å². The topological polar surface area (TPSA) is 110 Å². The molecule has 0 unspecified atom stereocenters. The smallest absolute Gasteiger partial charge is 0.378 e. The van der Waals surface area contributed by atoms with Gasteiger partial charge in [-0.15, -0.1) is 0 Å². The number of hydrogen-bond acceptors (Lipinski definition) is 6. The first kappa shape index (κ1) is 18.9. The minimum absolute atomic E-state index is 0.0240. The van der Waals surface area contributed by atoms with Gasteiger partial charge in [0, 0.05) is 13.3 Å². The second kappa shape index (κ2) is 6.58. The Labute approximate surface area is 158 Å². The maximum absolute atomic E-state index is 14.7. The van der Waals surface area contributed by atoms with Gasteiger partial charge in [-0.2, -0.15) is 27.1 Å². The van der Waals surface area contributed by atoms with Crippen LogP contribution in [0.1, 0.15) is 11.5 Å². The van der Waals surface area contributed by atoms with Crippen LogP contribution in [0.15, 0.2) is 24.8 Å². The molecule has 4 aromatic heterocycles. The molecule has 0 aromatic carbocycles. The molecular weight excluding hydrogens is 403 g/mol. The third kappa shape index (κ3) is 3.20. The summed E-state index contributed by atoms with van der Waals surface area (Å²) in [5.41, 5.74) is -0.536. The van der Waals surface area contributed by atoms with Crippen molar-refractivity contribution in [1.29, 1.82) is 0 Å². The first-order valence-corrected chi connectivity index (χ1v) is 7.96. The lowest BCUT2D eigenvalue weighted by atomic mass is 10.2. The number of H-pyrrole nitrogens is 2. The van der Waals surface area contributed by atoms with Crippen LogP contribution in [0.3, 0.4) is 0 Å². The van der Waals surface area contributed by atoms with E-state index < -0.39 is 36.0 Å². The molecule has 9 nitrogen and oxygen atoms in total. The van der Waals surface area contributed by atoms with Gasteiger partial charge in [-0.1, -0.05) is 0 Å². The van der Waals surface area contributed by atoms with Crippen molar-refractivity contribution in [3.05, 3.63) is 36.3 Å². The Kier molecular flexibility index (Phi) is 4.29. The van der Waals surface area contributed by atoms with Gasteiger partial charge in [0.25, 0.3) is 0 Å². The summed E-state index contributed by atoms with van der Waals surface area (Å²) in [6.07, 6.45) is -1.08. The molecule has 0 fully saturated rings. The fourth-order valence-corrected chi connectivity index (χ4v) is 2.80. The van der Waals surface area contributed by atoms with E-state index in [9.17, 15) is 22.0 Å². The van der Waals surface area contributed by atoms with E-state index in [0.717, 1.165) is 23.8 Å². The monoisotopic (exact) mass is 414 g/mol. The molecule has 0 saturated carbocycles. The Morgan fingerprint density at radius 3 is 2.59 bits per heavy atom. The van der Waals surface area contributed by atoms with Crippen LogP contribution in [0.4, 0.5) is 22.0 Å². The van der Waals surface area contributed by atoms with Crippen molar-refractivity contribution in [2.75, 3.05) is 13.7 Å². The molecule has 4 aromatic rings. The molecule has 0 atom stereocenters. The highest BCUT2D eigenvalue weighted by Crippen LogP contribution is 2.36. The highest BCUT2D eigenvalue weighted by atomic mass is 19.4. The molecule has 2 N–H and O–H groups in total. The van der Waals surface area contributed by atoms with Gasteiger partial charge in [0.15, 0.2) is 0 Å². The van der Waals surface area contributed by atoms with Crippen molar-refractivity contribution in [3.63, 3.8) is 0 Å². The summed E-state index contributed by atoms with van der Waals surface area (Å²) in [7, 11) is 1.12. The van der Waals surface area contributed by atoms with Crippen molar-refractivity contribution in [1.82, 2.24) is 39.5 Å². The molecule has 0 spiro atoms. The standard InChI is InChI=1S/C15H11F5N8O/c1-29-5-14(16,17)8-2-3-22-13-24-9(10(28(8)13)7-4-21-6-23-7)11-25-12(27-26-11)15(18,19)20/h2-4,6H,5H2,1H3,(H,21,23)(H,25,26,27). The molecule has 29 heavy (non-hydrogen) atoms. The van der Waals surface area contributed by atoms with E-state index in [2.05, 4.69) is 34.8 Å². The zero-order chi connectivity index (χ0) is 20.8. The Bertz CT molecular complexity index is 1150. The van der Waals surface area contributed by atoms with E-state index in [1.807, 2.05) is 0 Å². The SMILES string of the molecule is COCC(F)(F)c1ccnc2nc(-c3n[nH]c(C(F)(F)F)n3)c(-c3cnc[nH]3)n12. The van der Waals surface area contributed by atoms with E-state index in [1.165, 1.54) is 12.5 Å². The summed E-state index contributed by atoms with van der Waals surface area (Å²) in [5.74, 6) is -5.42. The quantitative estimate of drug-likeness (QED) is 0.486. The van der Waals surface area contributed by atoms with Crippen LogP contribution in [0.25, 0.3) is 28.7 Å². The first-order valence-electron chi connectivity index (χ1n) is 7.96. The Hall–Kier alpha value is -3.42. The number of halogens is 5. The third-order valence-corrected chi connectivity index (χ3v) is 3.94. The summed E-state index contributed by atoms with van der Waals surface area (Å²) >= 11 is 0. The number of fused-ring (bicyclic) bond motifs is 1. The van der Waals surface area contributed by atoms with Crippen LogP contribution < -0.4 is 0 Å². The number of imidazole rings is 2. The van der Waals surface area contributed by atoms with Crippen molar-refractivity contribution >= 4 is 5.78 Å². The second-order valence-electron chi connectivity index (χ2n) is 5.88. The van der Waals surface area contributed by atoms with Crippen molar-refractivity contribution < 1.29 is 26.7 Å². The number of rotatable bonds is 5. The minimum Gasteiger partial charge on any atom is -0.378 e. The van der Waals surface area contributed by atoms with E-state index in [4.69, 9.17) is 0 Å². The van der Waals surface area contributed by atoms with Crippen molar-refractivity contribution in [2.45, 2.75) is 12.1 Å². The summed E-state index contributed by atoms with van der Waals surface area (Å²) < 4.78 is 73.6. The molecule has 4 heterocycles. The largest absolute Gasteiger partial charge is 0.451 e. The lowest BCUT2D eigenvalue weighted by Crippen LogP contribution is -2.24. The zero-order valence-electron chi connectivity index (χ0n) is 14.5. The normalized spacial score (nSPS) is 12.8. The lowest BCUT2D eigenvalue weighted by Gasteiger charge is -2.18. The summed E-state index contributed by atoms with van der Waals surface area (Å²) in [6.45, 7) is -0.930. The maximum atomic E-state index is 14.7. The first-order chi connectivity index (χ1) is 13.7. The van der Waals surface area contributed by atoms with Gasteiger partial charge in [-0.3, -0.25) is 9.50 Å². The average molecular weight is 414 g/mol. The Morgan fingerprint density at radius 2 is 1.97 bits per heavy atom. The molecule has 0 radical (unpaired) electrons. The number of nitrogens with zero attached hydrogens (tertiary/aromatic N) is 6. The summed E-state index contributed by atoms with van der Waals surface area (Å²) in [5, 5.41) is 5.32. The van der Waals surface area contributed by atoms with E-state index in [0.29, 0.717) is 0 Å². The number of hydrogen-bond donors (Lipinski definition) is 2. The van der Waals surface area contributed by atoms with Crippen LogP contribution in [-0.2, 0) is 16.8 Å². The van der Waals surface area contributed by atoms with Gasteiger partial charge in [0.1, 0.15) is 18.0 Å². The molecule has 0 aliphatic carbocycles. The molecule has 0 saturated heterocycles. The number of methoxy groups -OCH3 is 1. The average Bonchev–Trinajstić information content (AvgIpc) is 3.38. The van der Waals surface area contributed by atoms with Gasteiger partial charge in [-0.25, -0.2) is 19.9 Å². The number of aromatic nitrogens is 8. The van der Waals surface area contributed by atoms with Crippen LogP contribution in [-0.4, -0.2) is 53.2 Å². The van der Waals surface area contributed by atoms with Gasteiger partial charge in [0.05, 0.1) is 23.9 Å². The molecule has 0 aliphatic heterocycles. The van der Waals surface area contributed by atoms with Crippen LogP contribution in [0.2, 0.25) is 0 Å².